The molecule has 0 fully saturated rings. The van der Waals surface area contributed by atoms with Gasteiger partial charge in [0.2, 0.25) is 0 Å². The summed E-state index contributed by atoms with van der Waals surface area (Å²) in [7, 11) is 2.05. The van der Waals surface area contributed by atoms with Gasteiger partial charge in [0.1, 0.15) is 0 Å². The zero-order valence-electron chi connectivity index (χ0n) is 28.4. The van der Waals surface area contributed by atoms with E-state index in [4.69, 9.17) is 4.98 Å². The molecule has 0 amide bonds. The van der Waals surface area contributed by atoms with Gasteiger partial charge in [-0.2, -0.15) is 30.9 Å². The van der Waals surface area contributed by atoms with Crippen LogP contribution in [-0.2, 0) is 25.6 Å². The van der Waals surface area contributed by atoms with Gasteiger partial charge in [-0.25, -0.2) is 0 Å². The number of benzene rings is 6. The molecule has 1 aliphatic carbocycles. The summed E-state index contributed by atoms with van der Waals surface area (Å²) in [4.78, 5) is 14.2. The molecule has 253 valence electrons. The fraction of sp³-hybridized carbons (Fsp3) is 0.0426. The summed E-state index contributed by atoms with van der Waals surface area (Å²) in [5.74, 6) is 0. The molecule has 3 heterocycles. The molecule has 0 saturated heterocycles. The van der Waals surface area contributed by atoms with Crippen LogP contribution in [0.2, 0.25) is 0 Å². The van der Waals surface area contributed by atoms with Gasteiger partial charge in [0.25, 0.3) is 0 Å². The van der Waals surface area contributed by atoms with Crippen LogP contribution in [0.3, 0.4) is 0 Å². The number of aromatic nitrogens is 2. The van der Waals surface area contributed by atoms with Crippen molar-refractivity contribution in [2.24, 2.45) is 0 Å². The number of hydrogen-bond acceptors (Lipinski definition) is 4. The first-order chi connectivity index (χ1) is 25.2. The summed E-state index contributed by atoms with van der Waals surface area (Å²) in [5, 5.41) is 4.66. The normalized spacial score (nSPS) is 15.5. The molecule has 2 aliphatic rings. The molecule has 1 aliphatic heterocycles. The molecule has 4 nitrogen and oxygen atoms in total. The van der Waals surface area contributed by atoms with E-state index in [2.05, 4.69) is 144 Å². The topological polar surface area (TPSA) is 32.3 Å². The monoisotopic (exact) mass is 845 g/mol. The first-order valence-electron chi connectivity index (χ1n) is 17.0. The van der Waals surface area contributed by atoms with Crippen molar-refractivity contribution < 1.29 is 20.1 Å². The van der Waals surface area contributed by atoms with Crippen LogP contribution >= 0.6 is 0 Å². The Morgan fingerprint density at radius 3 is 1.96 bits per heavy atom. The predicted octanol–water partition coefficient (Wildman–Crippen LogP) is 10.3. The van der Waals surface area contributed by atoms with Crippen molar-refractivity contribution in [1.29, 1.82) is 0 Å². The fourth-order valence-corrected chi connectivity index (χ4v) is 7.45. The Kier molecular flexibility index (Phi) is 8.98. The SMILES string of the molecule is CN1C=CN([C@@]2(c3cc4ccccc4c(-c4[c-]cccc4)n3)c3[c-]cccc3-c3ccccc32)[CH-]1.[Ir].[c-]1ccccc1-c1nccc2ccccc12. The van der Waals surface area contributed by atoms with Crippen LogP contribution in [0.15, 0.2) is 170 Å². The third kappa shape index (κ3) is 5.59. The second-order valence-corrected chi connectivity index (χ2v) is 12.7. The van der Waals surface area contributed by atoms with Crippen LogP contribution in [0, 0.1) is 24.9 Å². The molecular weight excluding hydrogens is 813 g/mol. The molecule has 6 aromatic carbocycles. The molecular formula is C47H32IrN4-4. The van der Waals surface area contributed by atoms with Crippen LogP contribution in [0.4, 0.5) is 0 Å². The van der Waals surface area contributed by atoms with Crippen LogP contribution in [-0.4, -0.2) is 26.8 Å². The first-order valence-corrected chi connectivity index (χ1v) is 17.0. The minimum Gasteiger partial charge on any atom is -0.511 e. The number of fused-ring (bicyclic) bond motifs is 5. The van der Waals surface area contributed by atoms with E-state index >= 15 is 0 Å². The molecule has 10 rings (SSSR count). The largest absolute Gasteiger partial charge is 0.511 e. The van der Waals surface area contributed by atoms with E-state index in [9.17, 15) is 0 Å². The molecule has 1 atom stereocenters. The van der Waals surface area contributed by atoms with Gasteiger partial charge in [0.15, 0.2) is 0 Å². The summed E-state index contributed by atoms with van der Waals surface area (Å²) < 4.78 is 0. The number of nitrogens with zero attached hydrogens (tertiary/aromatic N) is 4. The smallest absolute Gasteiger partial charge is 0.0839 e. The maximum atomic E-state index is 5.43. The molecule has 0 bridgehead atoms. The van der Waals surface area contributed by atoms with Gasteiger partial charge >= 0.3 is 0 Å². The van der Waals surface area contributed by atoms with Crippen molar-refractivity contribution in [3.8, 4) is 33.6 Å². The molecule has 0 saturated carbocycles. The number of rotatable bonds is 4. The average molecular weight is 845 g/mol. The Hall–Kier alpha value is -5.87. The van der Waals surface area contributed by atoms with Gasteiger partial charge < -0.3 is 14.8 Å². The Labute approximate surface area is 318 Å². The first kappa shape index (κ1) is 33.3. The molecule has 0 spiro atoms. The minimum absolute atomic E-state index is 0. The summed E-state index contributed by atoms with van der Waals surface area (Å²) in [6, 6.07) is 62.2. The Morgan fingerprint density at radius 2 is 1.23 bits per heavy atom. The van der Waals surface area contributed by atoms with Gasteiger partial charge in [-0.1, -0.05) is 78.4 Å². The second kappa shape index (κ2) is 14.0. The molecule has 8 aromatic rings. The van der Waals surface area contributed by atoms with Gasteiger partial charge in [0.05, 0.1) is 11.2 Å². The fourth-order valence-electron chi connectivity index (χ4n) is 7.45. The maximum Gasteiger partial charge on any atom is 0.0839 e. The summed E-state index contributed by atoms with van der Waals surface area (Å²) in [5.41, 5.74) is 9.02. The maximum absolute atomic E-state index is 5.43. The van der Waals surface area contributed by atoms with Crippen LogP contribution in [0.5, 0.6) is 0 Å². The Bertz CT molecular complexity index is 2500. The number of hydrogen-bond donors (Lipinski definition) is 0. The van der Waals surface area contributed by atoms with Crippen molar-refractivity contribution in [1.82, 2.24) is 19.8 Å². The van der Waals surface area contributed by atoms with Crippen molar-refractivity contribution >= 4 is 21.5 Å². The summed E-state index contributed by atoms with van der Waals surface area (Å²) in [6.45, 7) is 2.14. The summed E-state index contributed by atoms with van der Waals surface area (Å²) >= 11 is 0. The van der Waals surface area contributed by atoms with E-state index in [0.29, 0.717) is 0 Å². The predicted molar refractivity (Wildman–Crippen MR) is 206 cm³/mol. The van der Waals surface area contributed by atoms with Gasteiger partial charge in [-0.3, -0.25) is 4.98 Å². The van der Waals surface area contributed by atoms with Gasteiger partial charge in [-0.15, -0.1) is 82.9 Å². The minimum atomic E-state index is -0.651. The van der Waals surface area contributed by atoms with E-state index in [1.807, 2.05) is 72.9 Å². The van der Waals surface area contributed by atoms with Crippen molar-refractivity contribution in [2.75, 3.05) is 7.05 Å². The zero-order valence-corrected chi connectivity index (χ0v) is 30.8. The van der Waals surface area contributed by atoms with Crippen LogP contribution < -0.4 is 0 Å². The van der Waals surface area contributed by atoms with Crippen molar-refractivity contribution in [2.45, 2.75) is 5.54 Å². The van der Waals surface area contributed by atoms with Crippen LogP contribution in [0.1, 0.15) is 16.8 Å². The van der Waals surface area contributed by atoms with E-state index in [1.54, 1.807) is 0 Å². The quantitative estimate of drug-likeness (QED) is 0.165. The zero-order chi connectivity index (χ0) is 34.2. The molecule has 52 heavy (non-hydrogen) atoms. The third-order valence-corrected chi connectivity index (χ3v) is 9.69. The molecule has 5 heteroatoms. The average Bonchev–Trinajstić information content (AvgIpc) is 3.77. The van der Waals surface area contributed by atoms with E-state index in [1.165, 1.54) is 27.5 Å². The third-order valence-electron chi connectivity index (χ3n) is 9.69. The second-order valence-electron chi connectivity index (χ2n) is 12.7. The van der Waals surface area contributed by atoms with E-state index in [-0.39, 0.29) is 20.1 Å². The summed E-state index contributed by atoms with van der Waals surface area (Å²) in [6.07, 6.45) is 6.06. The van der Waals surface area contributed by atoms with Crippen LogP contribution in [0.25, 0.3) is 55.2 Å². The molecule has 0 unspecified atom stereocenters. The molecule has 1 radical (unpaired) electrons. The van der Waals surface area contributed by atoms with Crippen molar-refractivity contribution in [3.05, 3.63) is 212 Å². The Balaban J connectivity index is 0.000000191. The van der Waals surface area contributed by atoms with E-state index < -0.39 is 5.54 Å². The molecule has 0 N–H and O–H groups in total. The van der Waals surface area contributed by atoms with E-state index in [0.717, 1.165) is 44.5 Å². The Morgan fingerprint density at radius 1 is 0.596 bits per heavy atom. The molecule has 2 aromatic heterocycles. The van der Waals surface area contributed by atoms with Gasteiger partial charge in [-0.05, 0) is 70.1 Å². The van der Waals surface area contributed by atoms with Gasteiger partial charge in [0, 0.05) is 26.3 Å². The van der Waals surface area contributed by atoms with Crippen molar-refractivity contribution in [3.63, 3.8) is 0 Å². The standard InChI is InChI=1S/C32H22N3.C15H10N.Ir/c1-34-19-20-35(22-34)32(28-17-9-7-15-26(28)27-16-8-10-18-29(27)32)30-21-24-13-5-6-14-25(24)31(33-30)23-11-3-2-4-12-23;1-2-7-13(8-3-1)15-14-9-5-4-6-12(14)10-11-16-15;/h2-11,13-17,19-22H,1H3;1-7,9-11H;/q-3;-1;/t32-;;/m1../s1. The number of pyridine rings is 2.